The van der Waals surface area contributed by atoms with Crippen LogP contribution in [0.5, 0.6) is 0 Å². The Bertz CT molecular complexity index is 434. The van der Waals surface area contributed by atoms with Crippen molar-refractivity contribution in [2.75, 3.05) is 39.3 Å². The molecule has 0 aromatic heterocycles. The van der Waals surface area contributed by atoms with Gasteiger partial charge in [-0.05, 0) is 53.1 Å². The van der Waals surface area contributed by atoms with Crippen LogP contribution in [0.4, 0.5) is 4.79 Å². The summed E-state index contributed by atoms with van der Waals surface area (Å²) in [7, 11) is 0. The van der Waals surface area contributed by atoms with Crippen molar-refractivity contribution in [1.29, 1.82) is 0 Å². The largest absolute Gasteiger partial charge is 0.444 e. The Morgan fingerprint density at radius 2 is 2.08 bits per heavy atom. The van der Waals surface area contributed by atoms with Crippen molar-refractivity contribution in [1.82, 2.24) is 15.1 Å². The first kappa shape index (κ1) is 21.5. The lowest BCUT2D eigenvalue weighted by Gasteiger charge is -2.27. The van der Waals surface area contributed by atoms with Crippen LogP contribution in [0.25, 0.3) is 0 Å². The molecule has 0 bridgehead atoms. The fraction of sp³-hybridized carbons (Fsp3) is 0.889. The second-order valence-electron chi connectivity index (χ2n) is 7.54. The molecule has 7 nitrogen and oxygen atoms in total. The van der Waals surface area contributed by atoms with Crippen LogP contribution in [0.15, 0.2) is 4.99 Å². The van der Waals surface area contributed by atoms with Crippen LogP contribution < -0.4 is 11.1 Å². The van der Waals surface area contributed by atoms with E-state index in [2.05, 4.69) is 22.1 Å². The van der Waals surface area contributed by atoms with Crippen molar-refractivity contribution < 1.29 is 9.53 Å². The molecule has 1 aliphatic rings. The summed E-state index contributed by atoms with van der Waals surface area (Å²) in [6, 6.07) is 0.503. The van der Waals surface area contributed by atoms with Crippen LogP contribution in [-0.4, -0.2) is 72.8 Å². The van der Waals surface area contributed by atoms with E-state index < -0.39 is 5.60 Å². The van der Waals surface area contributed by atoms with E-state index in [1.165, 1.54) is 12.8 Å². The van der Waals surface area contributed by atoms with Crippen LogP contribution >= 0.6 is 0 Å². The second-order valence-corrected chi connectivity index (χ2v) is 7.54. The second kappa shape index (κ2) is 10.5. The molecule has 1 fully saturated rings. The molecule has 1 aliphatic heterocycles. The molecule has 0 spiro atoms. The number of hydrogen-bond acceptors (Lipinski definition) is 4. The summed E-state index contributed by atoms with van der Waals surface area (Å²) in [6.45, 7) is 14.6. The fourth-order valence-electron chi connectivity index (χ4n) is 2.99. The summed E-state index contributed by atoms with van der Waals surface area (Å²) in [6.07, 6.45) is 3.03. The van der Waals surface area contributed by atoms with Gasteiger partial charge in [0.1, 0.15) is 5.60 Å². The summed E-state index contributed by atoms with van der Waals surface area (Å²) in [5.41, 5.74) is 5.48. The number of carbonyl (C=O) groups is 1. The summed E-state index contributed by atoms with van der Waals surface area (Å²) < 4.78 is 5.44. The topological polar surface area (TPSA) is 83.2 Å². The molecule has 1 rings (SSSR count). The smallest absolute Gasteiger partial charge is 0.410 e. The van der Waals surface area contributed by atoms with Crippen LogP contribution in [0, 0.1) is 0 Å². The van der Waals surface area contributed by atoms with Gasteiger partial charge >= 0.3 is 6.09 Å². The van der Waals surface area contributed by atoms with E-state index in [1.807, 2.05) is 27.7 Å². The van der Waals surface area contributed by atoms with Gasteiger partial charge in [-0.3, -0.25) is 9.89 Å². The van der Waals surface area contributed by atoms with E-state index in [0.29, 0.717) is 31.6 Å². The minimum atomic E-state index is -0.483. The molecule has 1 unspecified atom stereocenters. The number of likely N-dealkylation sites (N-methyl/N-ethyl adjacent to an activating group) is 1. The number of amides is 1. The van der Waals surface area contributed by atoms with E-state index in [1.54, 1.807) is 4.90 Å². The molecule has 0 aromatic carbocycles. The van der Waals surface area contributed by atoms with Gasteiger partial charge in [-0.25, -0.2) is 4.79 Å². The molecule has 7 heteroatoms. The number of nitrogens with zero attached hydrogens (tertiary/aromatic N) is 3. The third-order valence-corrected chi connectivity index (χ3v) is 4.21. The standard InChI is InChI=1S/C18H37N5O2/c1-6-11-23(17(24)25-18(3,4)5)13-10-20-16(19)21-14-15-9-8-12-22(15)7-2/h15H,6-14H2,1-5H3,(H3,19,20,21). The number of nitrogens with two attached hydrogens (primary N) is 1. The molecule has 0 radical (unpaired) electrons. The summed E-state index contributed by atoms with van der Waals surface area (Å²) in [5.74, 6) is 0.448. The van der Waals surface area contributed by atoms with Crippen molar-refractivity contribution >= 4 is 12.1 Å². The van der Waals surface area contributed by atoms with Gasteiger partial charge in [0.15, 0.2) is 5.96 Å². The predicted molar refractivity (Wildman–Crippen MR) is 103 cm³/mol. The minimum absolute atomic E-state index is 0.281. The number of ether oxygens (including phenoxy) is 1. The van der Waals surface area contributed by atoms with Gasteiger partial charge in [0.2, 0.25) is 0 Å². The Kier molecular flexibility index (Phi) is 9.03. The van der Waals surface area contributed by atoms with E-state index in [4.69, 9.17) is 10.5 Å². The van der Waals surface area contributed by atoms with Gasteiger partial charge < -0.3 is 20.7 Å². The van der Waals surface area contributed by atoms with Gasteiger partial charge in [0.05, 0.1) is 6.54 Å². The average Bonchev–Trinajstić information content (AvgIpc) is 2.98. The van der Waals surface area contributed by atoms with Crippen molar-refractivity contribution in [3.05, 3.63) is 0 Å². The zero-order chi connectivity index (χ0) is 18.9. The zero-order valence-electron chi connectivity index (χ0n) is 16.7. The van der Waals surface area contributed by atoms with Crippen molar-refractivity contribution in [2.24, 2.45) is 10.7 Å². The summed E-state index contributed by atoms with van der Waals surface area (Å²) in [4.78, 5) is 20.8. The molecule has 25 heavy (non-hydrogen) atoms. The van der Waals surface area contributed by atoms with Gasteiger partial charge in [0.25, 0.3) is 0 Å². The maximum Gasteiger partial charge on any atom is 0.410 e. The lowest BCUT2D eigenvalue weighted by molar-refractivity contribution is 0.0253. The predicted octanol–water partition coefficient (Wildman–Crippen LogP) is 2.02. The maximum atomic E-state index is 12.2. The third-order valence-electron chi connectivity index (χ3n) is 4.21. The van der Waals surface area contributed by atoms with E-state index >= 15 is 0 Å². The van der Waals surface area contributed by atoms with Crippen LogP contribution in [-0.2, 0) is 4.74 Å². The number of hydrogen-bond donors (Lipinski definition) is 2. The highest BCUT2D eigenvalue weighted by molar-refractivity contribution is 5.77. The van der Waals surface area contributed by atoms with Crippen molar-refractivity contribution in [3.63, 3.8) is 0 Å². The van der Waals surface area contributed by atoms with Gasteiger partial charge in [-0.2, -0.15) is 0 Å². The third kappa shape index (κ3) is 8.43. The molecule has 1 saturated heterocycles. The first-order valence-electron chi connectivity index (χ1n) is 9.52. The van der Waals surface area contributed by atoms with Crippen LogP contribution in [0.3, 0.4) is 0 Å². The molecule has 1 amide bonds. The van der Waals surface area contributed by atoms with E-state index in [9.17, 15) is 4.79 Å². The van der Waals surface area contributed by atoms with Gasteiger partial charge in [-0.15, -0.1) is 0 Å². The number of aliphatic imine (C=N–C) groups is 1. The number of rotatable bonds is 8. The van der Waals surface area contributed by atoms with E-state index in [0.717, 1.165) is 26.1 Å². The highest BCUT2D eigenvalue weighted by Gasteiger charge is 2.23. The monoisotopic (exact) mass is 355 g/mol. The van der Waals surface area contributed by atoms with Crippen LogP contribution in [0.1, 0.15) is 53.9 Å². The van der Waals surface area contributed by atoms with Crippen molar-refractivity contribution in [3.8, 4) is 0 Å². The first-order chi connectivity index (χ1) is 11.8. The van der Waals surface area contributed by atoms with Gasteiger partial charge in [-0.1, -0.05) is 13.8 Å². The Hall–Kier alpha value is -1.50. The molecule has 146 valence electrons. The Labute approximate surface area is 153 Å². The summed E-state index contributed by atoms with van der Waals surface area (Å²) >= 11 is 0. The molecule has 1 heterocycles. The van der Waals surface area contributed by atoms with Crippen molar-refractivity contribution in [2.45, 2.75) is 65.5 Å². The molecular weight excluding hydrogens is 318 g/mol. The number of nitrogens with one attached hydrogen (secondary N) is 1. The summed E-state index contributed by atoms with van der Waals surface area (Å²) in [5, 5.41) is 3.11. The minimum Gasteiger partial charge on any atom is -0.444 e. The Morgan fingerprint density at radius 1 is 1.36 bits per heavy atom. The Balaban J connectivity index is 2.38. The molecule has 0 aromatic rings. The number of likely N-dealkylation sites (tertiary alicyclic amines) is 1. The fourth-order valence-corrected chi connectivity index (χ4v) is 2.99. The molecule has 1 atom stereocenters. The van der Waals surface area contributed by atoms with Gasteiger partial charge in [0, 0.05) is 25.7 Å². The zero-order valence-corrected chi connectivity index (χ0v) is 16.7. The molecule has 0 saturated carbocycles. The molecule has 3 N–H and O–H groups in total. The highest BCUT2D eigenvalue weighted by Crippen LogP contribution is 2.16. The SMILES string of the molecule is CCCN(CCNC(N)=NCC1CCCN1CC)C(=O)OC(C)(C)C. The van der Waals surface area contributed by atoms with Crippen LogP contribution in [0.2, 0.25) is 0 Å². The quantitative estimate of drug-likeness (QED) is 0.514. The molecule has 0 aliphatic carbocycles. The lowest BCUT2D eigenvalue weighted by atomic mass is 10.2. The lowest BCUT2D eigenvalue weighted by Crippen LogP contribution is -2.43. The number of carbonyl (C=O) groups excluding carboxylic acids is 1. The normalized spacial score (nSPS) is 19.1. The number of guanidine groups is 1. The van der Waals surface area contributed by atoms with E-state index in [-0.39, 0.29) is 6.09 Å². The molecular formula is C18H37N5O2. The highest BCUT2D eigenvalue weighted by atomic mass is 16.6. The first-order valence-corrected chi connectivity index (χ1v) is 9.52. The maximum absolute atomic E-state index is 12.2. The Morgan fingerprint density at radius 3 is 2.68 bits per heavy atom. The average molecular weight is 356 g/mol.